The van der Waals surface area contributed by atoms with Gasteiger partial charge >= 0.3 is 29.6 Å². The van der Waals surface area contributed by atoms with E-state index in [1.807, 2.05) is 0 Å². The van der Waals surface area contributed by atoms with Crippen molar-refractivity contribution < 1.29 is 49.4 Å². The Kier molecular flexibility index (Phi) is 5.34. The minimum atomic E-state index is -1.18. The Labute approximate surface area is 126 Å². The molecule has 1 aliphatic rings. The first kappa shape index (κ1) is 15.2. The Morgan fingerprint density at radius 2 is 2.22 bits per heavy atom. The van der Waals surface area contributed by atoms with Crippen LogP contribution >= 0.6 is 0 Å². The summed E-state index contributed by atoms with van der Waals surface area (Å²) in [7, 11) is 0. The molecular formula is C12H12NNaO4. The van der Waals surface area contributed by atoms with E-state index in [1.165, 1.54) is 0 Å². The molecule has 0 aromatic heterocycles. The molecule has 90 valence electrons. The second kappa shape index (κ2) is 6.33. The van der Waals surface area contributed by atoms with E-state index >= 15 is 0 Å². The number of aliphatic hydroxyl groups excluding tert-OH is 1. The summed E-state index contributed by atoms with van der Waals surface area (Å²) in [5.74, 6) is -1.25. The van der Waals surface area contributed by atoms with Crippen molar-refractivity contribution in [3.8, 4) is 0 Å². The summed E-state index contributed by atoms with van der Waals surface area (Å²) in [6, 6.07) is 5.13. The van der Waals surface area contributed by atoms with E-state index < -0.39 is 12.1 Å². The van der Waals surface area contributed by atoms with Crippen molar-refractivity contribution in [3.05, 3.63) is 29.3 Å². The predicted molar refractivity (Wildman–Crippen MR) is 58.0 cm³/mol. The number of carboxylic acids is 1. The molecule has 1 aromatic rings. The van der Waals surface area contributed by atoms with Gasteiger partial charge < -0.3 is 20.3 Å². The maximum absolute atomic E-state index is 11.1. The van der Waals surface area contributed by atoms with Crippen LogP contribution in [0.3, 0.4) is 0 Å². The van der Waals surface area contributed by atoms with Crippen LogP contribution < -0.4 is 40.0 Å². The normalized spacial score (nSPS) is 14.4. The van der Waals surface area contributed by atoms with Crippen molar-refractivity contribution in [2.45, 2.75) is 25.4 Å². The molecule has 1 aliphatic heterocycles. The molecule has 0 saturated heterocycles. The molecule has 1 unspecified atom stereocenters. The molecule has 0 aliphatic carbocycles. The van der Waals surface area contributed by atoms with Gasteiger partial charge in [0, 0.05) is 11.7 Å². The molecule has 18 heavy (non-hydrogen) atoms. The third-order valence-corrected chi connectivity index (χ3v) is 2.76. The number of hydrogen-bond acceptors (Lipinski definition) is 4. The zero-order valence-electron chi connectivity index (χ0n) is 10.1. The number of amides is 1. The SMILES string of the molecule is O=C([O-])CCC(O)c1ccc2c(c1)CC(=O)N2.[Na+]. The fourth-order valence-electron chi connectivity index (χ4n) is 1.88. The average Bonchev–Trinajstić information content (AvgIpc) is 2.64. The van der Waals surface area contributed by atoms with E-state index in [-0.39, 0.29) is 48.3 Å². The third-order valence-electron chi connectivity index (χ3n) is 2.76. The monoisotopic (exact) mass is 257 g/mol. The average molecular weight is 257 g/mol. The number of carbonyl (C=O) groups excluding carboxylic acids is 2. The summed E-state index contributed by atoms with van der Waals surface area (Å²) >= 11 is 0. The number of nitrogens with one attached hydrogen (secondary N) is 1. The number of anilines is 1. The van der Waals surface area contributed by atoms with Crippen molar-refractivity contribution in [2.75, 3.05) is 5.32 Å². The third kappa shape index (κ3) is 3.55. The number of fused-ring (bicyclic) bond motifs is 1. The molecule has 1 aromatic carbocycles. The van der Waals surface area contributed by atoms with Crippen LogP contribution in [0, 0.1) is 0 Å². The van der Waals surface area contributed by atoms with Crippen LogP contribution in [0.4, 0.5) is 5.69 Å². The standard InChI is InChI=1S/C12H13NO4.Na/c14-10(3-4-12(16)17)7-1-2-9-8(5-7)6-11(15)13-9;/h1-2,5,10,14H,3-4,6H2,(H,13,15)(H,16,17);/q;+1/p-1. The van der Waals surface area contributed by atoms with Gasteiger partial charge in [-0.05, 0) is 30.0 Å². The number of carbonyl (C=O) groups is 2. The molecule has 0 radical (unpaired) electrons. The maximum Gasteiger partial charge on any atom is 1.00 e. The zero-order chi connectivity index (χ0) is 12.4. The summed E-state index contributed by atoms with van der Waals surface area (Å²) < 4.78 is 0. The van der Waals surface area contributed by atoms with Gasteiger partial charge in [-0.3, -0.25) is 4.79 Å². The number of carboxylic acid groups (broad SMARTS) is 1. The Morgan fingerprint density at radius 3 is 2.89 bits per heavy atom. The van der Waals surface area contributed by atoms with E-state index in [0.29, 0.717) is 12.0 Å². The Balaban J connectivity index is 0.00000162. The minimum Gasteiger partial charge on any atom is -0.550 e. The molecule has 1 heterocycles. The Hall–Kier alpha value is -0.880. The van der Waals surface area contributed by atoms with Gasteiger partial charge in [0.15, 0.2) is 0 Å². The Morgan fingerprint density at radius 1 is 1.50 bits per heavy atom. The van der Waals surface area contributed by atoms with Crippen molar-refractivity contribution >= 4 is 17.6 Å². The summed E-state index contributed by atoms with van der Waals surface area (Å²) in [5.41, 5.74) is 2.22. The molecular weight excluding hydrogens is 245 g/mol. The van der Waals surface area contributed by atoms with E-state index in [0.717, 1.165) is 11.3 Å². The summed E-state index contributed by atoms with van der Waals surface area (Å²) in [6.45, 7) is 0. The van der Waals surface area contributed by atoms with Crippen LogP contribution in [0.5, 0.6) is 0 Å². The van der Waals surface area contributed by atoms with Gasteiger partial charge in [0.25, 0.3) is 0 Å². The van der Waals surface area contributed by atoms with Gasteiger partial charge in [-0.15, -0.1) is 0 Å². The topological polar surface area (TPSA) is 89.5 Å². The van der Waals surface area contributed by atoms with Crippen molar-refractivity contribution in [1.29, 1.82) is 0 Å². The number of aliphatic carboxylic acids is 1. The molecule has 6 heteroatoms. The first-order valence-electron chi connectivity index (χ1n) is 5.37. The van der Waals surface area contributed by atoms with E-state index in [1.54, 1.807) is 18.2 Å². The van der Waals surface area contributed by atoms with Crippen molar-refractivity contribution in [1.82, 2.24) is 0 Å². The van der Waals surface area contributed by atoms with Gasteiger partial charge in [0.1, 0.15) is 0 Å². The number of aliphatic hydroxyl groups is 1. The first-order chi connectivity index (χ1) is 8.06. The molecule has 1 amide bonds. The van der Waals surface area contributed by atoms with Gasteiger partial charge in [-0.25, -0.2) is 0 Å². The predicted octanol–water partition coefficient (Wildman–Crippen LogP) is -3.25. The first-order valence-corrected chi connectivity index (χ1v) is 5.37. The summed E-state index contributed by atoms with van der Waals surface area (Å²) in [5, 5.41) is 22.7. The van der Waals surface area contributed by atoms with E-state index in [2.05, 4.69) is 5.32 Å². The van der Waals surface area contributed by atoms with E-state index in [4.69, 9.17) is 0 Å². The number of hydrogen-bond donors (Lipinski definition) is 2. The number of rotatable bonds is 4. The molecule has 0 bridgehead atoms. The largest absolute Gasteiger partial charge is 1.00 e. The van der Waals surface area contributed by atoms with Crippen LogP contribution in [0.2, 0.25) is 0 Å². The van der Waals surface area contributed by atoms with Gasteiger partial charge in [-0.1, -0.05) is 12.1 Å². The molecule has 2 rings (SSSR count). The zero-order valence-corrected chi connectivity index (χ0v) is 12.1. The summed E-state index contributed by atoms with van der Waals surface area (Å²) in [6.07, 6.45) is -0.609. The Bertz CT molecular complexity index is 475. The molecule has 0 saturated carbocycles. The number of benzene rings is 1. The van der Waals surface area contributed by atoms with Crippen molar-refractivity contribution in [2.24, 2.45) is 0 Å². The molecule has 0 spiro atoms. The summed E-state index contributed by atoms with van der Waals surface area (Å²) in [4.78, 5) is 21.4. The molecule has 0 fully saturated rings. The van der Waals surface area contributed by atoms with Gasteiger partial charge in [-0.2, -0.15) is 0 Å². The van der Waals surface area contributed by atoms with E-state index in [9.17, 15) is 19.8 Å². The van der Waals surface area contributed by atoms with Crippen LogP contribution in [0.15, 0.2) is 18.2 Å². The molecule has 2 N–H and O–H groups in total. The van der Waals surface area contributed by atoms with Gasteiger partial charge in [0.05, 0.1) is 12.5 Å². The van der Waals surface area contributed by atoms with Crippen LogP contribution in [0.1, 0.15) is 30.1 Å². The quantitative estimate of drug-likeness (QED) is 0.554. The second-order valence-corrected chi connectivity index (χ2v) is 4.07. The van der Waals surface area contributed by atoms with Crippen LogP contribution in [-0.2, 0) is 16.0 Å². The van der Waals surface area contributed by atoms with Crippen LogP contribution in [0.25, 0.3) is 0 Å². The van der Waals surface area contributed by atoms with Gasteiger partial charge in [0.2, 0.25) is 5.91 Å². The maximum atomic E-state index is 11.1. The second-order valence-electron chi connectivity index (χ2n) is 4.07. The smallest absolute Gasteiger partial charge is 0.550 e. The fourth-order valence-corrected chi connectivity index (χ4v) is 1.88. The van der Waals surface area contributed by atoms with Crippen LogP contribution in [-0.4, -0.2) is 17.0 Å². The molecule has 5 nitrogen and oxygen atoms in total. The fraction of sp³-hybridized carbons (Fsp3) is 0.333. The molecule has 1 atom stereocenters. The van der Waals surface area contributed by atoms with Crippen molar-refractivity contribution in [3.63, 3.8) is 0 Å². The minimum absolute atomic E-state index is 0.